The van der Waals surface area contributed by atoms with Gasteiger partial charge in [0.1, 0.15) is 0 Å². The zero-order chi connectivity index (χ0) is 23.4. The number of nitrogens with zero attached hydrogens (tertiary/aromatic N) is 2. The SMILES string of the molecule is CCc1ccc(C(=O)N2CCC(NC(=O)c3ccsc3)CC2)cc1S(=O)(=O)N1CCOCC1. The number of ether oxygens (including phenoxy) is 1. The first-order valence-electron chi connectivity index (χ1n) is 11.2. The van der Waals surface area contributed by atoms with Gasteiger partial charge in [0.25, 0.3) is 11.8 Å². The molecule has 3 heterocycles. The minimum absolute atomic E-state index is 0.0150. The summed E-state index contributed by atoms with van der Waals surface area (Å²) in [7, 11) is -3.70. The van der Waals surface area contributed by atoms with E-state index >= 15 is 0 Å². The molecule has 0 bridgehead atoms. The summed E-state index contributed by atoms with van der Waals surface area (Å²) >= 11 is 1.48. The van der Waals surface area contributed by atoms with E-state index in [9.17, 15) is 18.0 Å². The van der Waals surface area contributed by atoms with E-state index in [-0.39, 0.29) is 22.8 Å². The Labute approximate surface area is 198 Å². The minimum Gasteiger partial charge on any atom is -0.379 e. The van der Waals surface area contributed by atoms with Crippen molar-refractivity contribution in [2.75, 3.05) is 39.4 Å². The fraction of sp³-hybridized carbons (Fsp3) is 0.478. The molecule has 1 aromatic heterocycles. The Kier molecular flexibility index (Phi) is 7.48. The molecular formula is C23H29N3O5S2. The van der Waals surface area contributed by atoms with E-state index in [1.54, 1.807) is 23.1 Å². The van der Waals surface area contributed by atoms with Crippen LogP contribution in [0, 0.1) is 0 Å². The minimum atomic E-state index is -3.70. The first-order chi connectivity index (χ1) is 15.9. The lowest BCUT2D eigenvalue weighted by Gasteiger charge is -2.32. The highest BCUT2D eigenvalue weighted by Crippen LogP contribution is 2.25. The van der Waals surface area contributed by atoms with Crippen molar-refractivity contribution in [3.05, 3.63) is 51.7 Å². The summed E-state index contributed by atoms with van der Waals surface area (Å²) in [5.74, 6) is -0.271. The third-order valence-corrected chi connectivity index (χ3v) is 8.85. The molecule has 10 heteroatoms. The standard InChI is InChI=1S/C23H29N3O5S2/c1-2-17-3-4-18(15-21(17)33(29,30)26-10-12-31-13-11-26)23(28)25-8-5-20(6-9-25)24-22(27)19-7-14-32-16-19/h3-4,7,14-16,20H,2,5-6,8-13H2,1H3,(H,24,27). The predicted octanol–water partition coefficient (Wildman–Crippen LogP) is 2.37. The molecule has 0 aliphatic carbocycles. The number of carbonyl (C=O) groups is 2. The van der Waals surface area contributed by atoms with E-state index < -0.39 is 10.0 Å². The van der Waals surface area contributed by atoms with Crippen LogP contribution in [-0.4, -0.2) is 74.9 Å². The highest BCUT2D eigenvalue weighted by atomic mass is 32.2. The highest BCUT2D eigenvalue weighted by Gasteiger charge is 2.30. The Morgan fingerprint density at radius 2 is 1.82 bits per heavy atom. The van der Waals surface area contributed by atoms with Crippen molar-refractivity contribution >= 4 is 33.2 Å². The van der Waals surface area contributed by atoms with Crippen molar-refractivity contribution in [3.63, 3.8) is 0 Å². The average molecular weight is 492 g/mol. The molecule has 2 amide bonds. The number of benzene rings is 1. The second-order valence-corrected chi connectivity index (χ2v) is 10.9. The van der Waals surface area contributed by atoms with Crippen LogP contribution >= 0.6 is 11.3 Å². The molecule has 1 aromatic carbocycles. The van der Waals surface area contributed by atoms with Gasteiger partial charge < -0.3 is 15.0 Å². The van der Waals surface area contributed by atoms with Gasteiger partial charge in [0.05, 0.1) is 18.1 Å². The molecule has 2 fully saturated rings. The van der Waals surface area contributed by atoms with Gasteiger partial charge in [-0.15, -0.1) is 0 Å². The lowest BCUT2D eigenvalue weighted by Crippen LogP contribution is -2.46. The molecule has 2 saturated heterocycles. The number of thiophene rings is 1. The largest absolute Gasteiger partial charge is 0.379 e. The van der Waals surface area contributed by atoms with E-state index in [0.717, 1.165) is 0 Å². The van der Waals surface area contributed by atoms with E-state index in [1.165, 1.54) is 21.7 Å². The van der Waals surface area contributed by atoms with Crippen LogP contribution in [-0.2, 0) is 21.2 Å². The molecule has 33 heavy (non-hydrogen) atoms. The van der Waals surface area contributed by atoms with Gasteiger partial charge >= 0.3 is 0 Å². The Hall–Kier alpha value is -2.27. The van der Waals surface area contributed by atoms with Gasteiger partial charge in [-0.3, -0.25) is 9.59 Å². The van der Waals surface area contributed by atoms with Crippen LogP contribution in [0.5, 0.6) is 0 Å². The molecular weight excluding hydrogens is 462 g/mol. The van der Waals surface area contributed by atoms with E-state index in [1.807, 2.05) is 17.7 Å². The number of sulfonamides is 1. The zero-order valence-corrected chi connectivity index (χ0v) is 20.3. The summed E-state index contributed by atoms with van der Waals surface area (Å²) in [6, 6.07) is 6.79. The van der Waals surface area contributed by atoms with Crippen LogP contribution in [0.1, 0.15) is 46.0 Å². The Morgan fingerprint density at radius 1 is 1.09 bits per heavy atom. The third kappa shape index (κ3) is 5.29. The molecule has 0 spiro atoms. The number of piperidine rings is 1. The summed E-state index contributed by atoms with van der Waals surface area (Å²) in [5.41, 5.74) is 1.73. The van der Waals surface area contributed by atoms with E-state index in [0.29, 0.717) is 75.3 Å². The van der Waals surface area contributed by atoms with Crippen LogP contribution in [0.3, 0.4) is 0 Å². The molecule has 0 atom stereocenters. The number of hydrogen-bond acceptors (Lipinski definition) is 6. The predicted molar refractivity (Wildman–Crippen MR) is 126 cm³/mol. The van der Waals surface area contributed by atoms with Crippen molar-refractivity contribution in [1.82, 2.24) is 14.5 Å². The maximum atomic E-state index is 13.3. The summed E-state index contributed by atoms with van der Waals surface area (Å²) < 4.78 is 33.3. The Morgan fingerprint density at radius 3 is 2.45 bits per heavy atom. The first-order valence-corrected chi connectivity index (χ1v) is 13.6. The number of aryl methyl sites for hydroxylation is 1. The van der Waals surface area contributed by atoms with Crippen molar-refractivity contribution in [2.24, 2.45) is 0 Å². The van der Waals surface area contributed by atoms with Crippen molar-refractivity contribution in [2.45, 2.75) is 37.1 Å². The number of rotatable bonds is 6. The molecule has 2 aromatic rings. The molecule has 2 aliphatic rings. The monoisotopic (exact) mass is 491 g/mol. The van der Waals surface area contributed by atoms with E-state index in [2.05, 4.69) is 5.32 Å². The van der Waals surface area contributed by atoms with Gasteiger partial charge in [-0.1, -0.05) is 13.0 Å². The number of likely N-dealkylation sites (tertiary alicyclic amines) is 1. The number of morpholine rings is 1. The van der Waals surface area contributed by atoms with Crippen molar-refractivity contribution in [3.8, 4) is 0 Å². The second kappa shape index (κ2) is 10.3. The van der Waals surface area contributed by atoms with Gasteiger partial charge in [-0.25, -0.2) is 8.42 Å². The molecule has 178 valence electrons. The Bertz CT molecular complexity index is 1090. The maximum absolute atomic E-state index is 13.3. The summed E-state index contributed by atoms with van der Waals surface area (Å²) in [6.07, 6.45) is 1.88. The highest BCUT2D eigenvalue weighted by molar-refractivity contribution is 7.89. The molecule has 4 rings (SSSR count). The van der Waals surface area contributed by atoms with Gasteiger partial charge in [0.15, 0.2) is 0 Å². The van der Waals surface area contributed by atoms with E-state index in [4.69, 9.17) is 4.74 Å². The third-order valence-electron chi connectivity index (χ3n) is 6.18. The fourth-order valence-corrected chi connectivity index (χ4v) is 6.58. The number of amides is 2. The normalized spacial score (nSPS) is 18.3. The quantitative estimate of drug-likeness (QED) is 0.669. The van der Waals surface area contributed by atoms with Gasteiger partial charge in [-0.05, 0) is 48.4 Å². The van der Waals surface area contributed by atoms with Crippen LogP contribution in [0.15, 0.2) is 39.9 Å². The number of carbonyl (C=O) groups excluding carboxylic acids is 2. The lowest BCUT2D eigenvalue weighted by molar-refractivity contribution is 0.0697. The first kappa shape index (κ1) is 23.9. The number of nitrogens with one attached hydrogen (secondary N) is 1. The fourth-order valence-electron chi connectivity index (χ4n) is 4.22. The topological polar surface area (TPSA) is 96.0 Å². The van der Waals surface area contributed by atoms with Crippen molar-refractivity contribution < 1.29 is 22.7 Å². The van der Waals surface area contributed by atoms with Crippen LogP contribution in [0.4, 0.5) is 0 Å². The van der Waals surface area contributed by atoms with Crippen LogP contribution in [0.25, 0.3) is 0 Å². The second-order valence-electron chi connectivity index (χ2n) is 8.24. The molecule has 8 nitrogen and oxygen atoms in total. The zero-order valence-electron chi connectivity index (χ0n) is 18.7. The molecule has 2 aliphatic heterocycles. The average Bonchev–Trinajstić information content (AvgIpc) is 3.39. The maximum Gasteiger partial charge on any atom is 0.253 e. The van der Waals surface area contributed by atoms with Gasteiger partial charge in [-0.2, -0.15) is 15.6 Å². The van der Waals surface area contributed by atoms with Gasteiger partial charge in [0.2, 0.25) is 10.0 Å². The smallest absolute Gasteiger partial charge is 0.253 e. The summed E-state index contributed by atoms with van der Waals surface area (Å²) in [4.78, 5) is 27.4. The molecule has 1 N–H and O–H groups in total. The van der Waals surface area contributed by atoms with Crippen molar-refractivity contribution in [1.29, 1.82) is 0 Å². The van der Waals surface area contributed by atoms with Crippen LogP contribution < -0.4 is 5.32 Å². The summed E-state index contributed by atoms with van der Waals surface area (Å²) in [6.45, 7) is 4.30. The Balaban J connectivity index is 1.44. The lowest BCUT2D eigenvalue weighted by atomic mass is 10.0. The molecule has 0 radical (unpaired) electrons. The van der Waals surface area contributed by atoms with Gasteiger partial charge in [0, 0.05) is 48.7 Å². The molecule has 0 saturated carbocycles. The summed E-state index contributed by atoms with van der Waals surface area (Å²) in [5, 5.41) is 6.72. The van der Waals surface area contributed by atoms with Crippen LogP contribution in [0.2, 0.25) is 0 Å². The molecule has 0 unspecified atom stereocenters. The number of hydrogen-bond donors (Lipinski definition) is 1.